The van der Waals surface area contributed by atoms with Crippen molar-refractivity contribution in [2.75, 3.05) is 12.4 Å². The Balaban J connectivity index is 2.37. The van der Waals surface area contributed by atoms with E-state index in [0.29, 0.717) is 18.5 Å². The van der Waals surface area contributed by atoms with Gasteiger partial charge in [-0.2, -0.15) is 0 Å². The van der Waals surface area contributed by atoms with E-state index in [1.165, 1.54) is 4.90 Å². The molecular weight excluding hydrogens is 286 g/mol. The van der Waals surface area contributed by atoms with Crippen LogP contribution in [0.25, 0.3) is 10.9 Å². The van der Waals surface area contributed by atoms with Gasteiger partial charge < -0.3 is 14.8 Å². The van der Waals surface area contributed by atoms with Crippen LogP contribution in [-0.2, 0) is 13.0 Å². The van der Waals surface area contributed by atoms with Gasteiger partial charge >= 0.3 is 5.97 Å². The molecule has 5 heteroatoms. The maximum absolute atomic E-state index is 11.8. The van der Waals surface area contributed by atoms with Crippen LogP contribution in [0.4, 0.5) is 0 Å². The number of benzene rings is 1. The first-order valence-corrected chi connectivity index (χ1v) is 8.25. The molecule has 3 rings (SSSR count). The summed E-state index contributed by atoms with van der Waals surface area (Å²) in [4.78, 5) is 13.0. The number of aromatic nitrogens is 1. The van der Waals surface area contributed by atoms with Crippen molar-refractivity contribution in [3.8, 4) is 0 Å². The lowest BCUT2D eigenvalue weighted by molar-refractivity contribution is 0.0684. The van der Waals surface area contributed by atoms with Gasteiger partial charge in [0, 0.05) is 23.4 Å². The number of carboxylic acids is 1. The zero-order valence-electron chi connectivity index (χ0n) is 12.1. The molecule has 2 aromatic rings. The average molecular weight is 305 g/mol. The van der Waals surface area contributed by atoms with E-state index in [4.69, 9.17) is 5.11 Å². The lowest BCUT2D eigenvalue weighted by Crippen LogP contribution is -2.11. The summed E-state index contributed by atoms with van der Waals surface area (Å²) >= 11 is 1.81. The predicted molar refractivity (Wildman–Crippen MR) is 84.4 cm³/mol. The molecular formula is C16H19NO3S. The van der Waals surface area contributed by atoms with Crippen LogP contribution in [0.5, 0.6) is 0 Å². The zero-order valence-corrected chi connectivity index (χ0v) is 12.9. The van der Waals surface area contributed by atoms with Crippen molar-refractivity contribution in [3.63, 3.8) is 0 Å². The Labute approximate surface area is 127 Å². The highest BCUT2D eigenvalue weighted by Crippen LogP contribution is 2.39. The summed E-state index contributed by atoms with van der Waals surface area (Å²) in [6.45, 7) is 2.87. The van der Waals surface area contributed by atoms with Gasteiger partial charge in [0.1, 0.15) is 5.69 Å². The van der Waals surface area contributed by atoms with Gasteiger partial charge in [-0.1, -0.05) is 6.07 Å². The van der Waals surface area contributed by atoms with Crippen molar-refractivity contribution in [2.24, 2.45) is 0 Å². The standard InChI is InChI=1S/C16H19NO3S/c1-10-5-6-12-15-13(10)11(4-2-8-18)14(16(19)20)17(15)7-3-9-21-12/h5-6,18H,2-4,7-9H2,1H3,(H,19,20). The molecule has 1 aliphatic heterocycles. The van der Waals surface area contributed by atoms with Crippen LogP contribution in [0.2, 0.25) is 0 Å². The summed E-state index contributed by atoms with van der Waals surface area (Å²) < 4.78 is 1.98. The third kappa shape index (κ3) is 2.34. The molecule has 112 valence electrons. The van der Waals surface area contributed by atoms with Gasteiger partial charge in [0.25, 0.3) is 0 Å². The Kier molecular flexibility index (Phi) is 3.95. The summed E-state index contributed by atoms with van der Waals surface area (Å²) in [5.41, 5.74) is 3.48. The maximum atomic E-state index is 11.8. The Morgan fingerprint density at radius 2 is 2.24 bits per heavy atom. The highest BCUT2D eigenvalue weighted by molar-refractivity contribution is 7.99. The molecule has 1 aliphatic rings. The molecule has 2 heterocycles. The fourth-order valence-corrected chi connectivity index (χ4v) is 4.21. The first-order chi connectivity index (χ1) is 10.1. The number of hydrogen-bond acceptors (Lipinski definition) is 3. The number of rotatable bonds is 4. The van der Waals surface area contributed by atoms with Crippen LogP contribution in [0, 0.1) is 6.92 Å². The molecule has 0 amide bonds. The predicted octanol–water partition coefficient (Wildman–Crippen LogP) is 3.07. The quantitative estimate of drug-likeness (QED) is 0.911. The SMILES string of the molecule is Cc1ccc2c3c1c(CCCO)c(C(=O)O)n3CCCS2. The molecule has 2 N–H and O–H groups in total. The highest BCUT2D eigenvalue weighted by atomic mass is 32.2. The molecule has 0 unspecified atom stereocenters. The number of thioether (sulfide) groups is 1. The Bertz CT molecular complexity index is 705. The topological polar surface area (TPSA) is 62.5 Å². The molecule has 0 bridgehead atoms. The fraction of sp³-hybridized carbons (Fsp3) is 0.438. The van der Waals surface area contributed by atoms with Crippen LogP contribution in [0.3, 0.4) is 0 Å². The largest absolute Gasteiger partial charge is 0.477 e. The van der Waals surface area contributed by atoms with E-state index in [2.05, 4.69) is 12.1 Å². The van der Waals surface area contributed by atoms with Crippen LogP contribution in [0.1, 0.15) is 34.5 Å². The Morgan fingerprint density at radius 3 is 2.95 bits per heavy atom. The lowest BCUT2D eigenvalue weighted by Gasteiger charge is -2.06. The molecule has 0 saturated carbocycles. The maximum Gasteiger partial charge on any atom is 0.352 e. The molecule has 4 nitrogen and oxygen atoms in total. The first kappa shape index (κ1) is 14.5. The van der Waals surface area contributed by atoms with Crippen LogP contribution in [0.15, 0.2) is 17.0 Å². The second-order valence-corrected chi connectivity index (χ2v) is 6.55. The van der Waals surface area contributed by atoms with E-state index in [1.54, 1.807) is 11.8 Å². The Hall–Kier alpha value is -1.46. The highest BCUT2D eigenvalue weighted by Gasteiger charge is 2.26. The zero-order chi connectivity index (χ0) is 15.0. The van der Waals surface area contributed by atoms with Crippen LogP contribution >= 0.6 is 11.8 Å². The third-order valence-electron chi connectivity index (χ3n) is 4.05. The number of hydrogen-bond donors (Lipinski definition) is 2. The van der Waals surface area contributed by atoms with Gasteiger partial charge in [0.05, 0.1) is 5.52 Å². The first-order valence-electron chi connectivity index (χ1n) is 7.26. The van der Waals surface area contributed by atoms with Crippen LogP contribution in [-0.4, -0.2) is 33.1 Å². The molecule has 0 atom stereocenters. The second kappa shape index (κ2) is 5.73. The number of nitrogens with zero attached hydrogens (tertiary/aromatic N) is 1. The summed E-state index contributed by atoms with van der Waals surface area (Å²) in [5.74, 6) is 0.154. The van der Waals surface area contributed by atoms with Gasteiger partial charge in [0.15, 0.2) is 0 Å². The number of carbonyl (C=O) groups is 1. The van der Waals surface area contributed by atoms with Crippen molar-refractivity contribution in [3.05, 3.63) is 29.0 Å². The van der Waals surface area contributed by atoms with Gasteiger partial charge in [-0.05, 0) is 49.1 Å². The fourth-order valence-electron chi connectivity index (χ4n) is 3.20. The number of aromatic carboxylic acids is 1. The number of carboxylic acid groups (broad SMARTS) is 1. The van der Waals surface area contributed by atoms with Crippen molar-refractivity contribution in [2.45, 2.75) is 37.6 Å². The second-order valence-electron chi connectivity index (χ2n) is 5.42. The summed E-state index contributed by atoms with van der Waals surface area (Å²) in [5, 5.41) is 19.9. The van der Waals surface area contributed by atoms with Crippen molar-refractivity contribution in [1.82, 2.24) is 4.57 Å². The molecule has 1 aromatic carbocycles. The molecule has 1 aromatic heterocycles. The van der Waals surface area contributed by atoms with E-state index in [-0.39, 0.29) is 6.61 Å². The Morgan fingerprint density at radius 1 is 1.43 bits per heavy atom. The third-order valence-corrected chi connectivity index (χ3v) is 5.18. The van der Waals surface area contributed by atoms with E-state index in [9.17, 15) is 9.90 Å². The number of aryl methyl sites for hydroxylation is 3. The van der Waals surface area contributed by atoms with E-state index in [0.717, 1.165) is 40.7 Å². The normalized spacial score (nSPS) is 14.4. The lowest BCUT2D eigenvalue weighted by atomic mass is 10.0. The molecule has 0 spiro atoms. The number of aliphatic hydroxyl groups excluding tert-OH is 1. The van der Waals surface area contributed by atoms with E-state index < -0.39 is 5.97 Å². The van der Waals surface area contributed by atoms with Crippen molar-refractivity contribution < 1.29 is 15.0 Å². The summed E-state index contributed by atoms with van der Waals surface area (Å²) in [6, 6.07) is 4.18. The molecule has 0 aliphatic carbocycles. The molecule has 21 heavy (non-hydrogen) atoms. The van der Waals surface area contributed by atoms with Crippen molar-refractivity contribution in [1.29, 1.82) is 0 Å². The minimum absolute atomic E-state index is 0.0826. The van der Waals surface area contributed by atoms with Gasteiger partial charge in [0.2, 0.25) is 0 Å². The smallest absolute Gasteiger partial charge is 0.352 e. The average Bonchev–Trinajstić information content (AvgIpc) is 2.64. The van der Waals surface area contributed by atoms with Crippen LogP contribution < -0.4 is 0 Å². The van der Waals surface area contributed by atoms with Gasteiger partial charge in [-0.25, -0.2) is 4.79 Å². The minimum atomic E-state index is -0.864. The van der Waals surface area contributed by atoms with E-state index in [1.807, 2.05) is 11.5 Å². The van der Waals surface area contributed by atoms with E-state index >= 15 is 0 Å². The summed E-state index contributed by atoms with van der Waals surface area (Å²) in [7, 11) is 0. The molecule has 0 radical (unpaired) electrons. The summed E-state index contributed by atoms with van der Waals surface area (Å²) in [6.07, 6.45) is 2.18. The monoisotopic (exact) mass is 305 g/mol. The number of aliphatic hydroxyl groups is 1. The van der Waals surface area contributed by atoms with Gasteiger partial charge in [-0.3, -0.25) is 0 Å². The van der Waals surface area contributed by atoms with Gasteiger partial charge in [-0.15, -0.1) is 11.8 Å². The molecule has 0 saturated heterocycles. The van der Waals surface area contributed by atoms with Crippen molar-refractivity contribution >= 4 is 28.6 Å². The minimum Gasteiger partial charge on any atom is -0.477 e. The molecule has 0 fully saturated rings.